The van der Waals surface area contributed by atoms with Crippen LogP contribution < -0.4 is 0 Å². The molecule has 56 valence electrons. The Balaban J connectivity index is 3.95. The van der Waals surface area contributed by atoms with Gasteiger partial charge in [-0.1, -0.05) is 6.92 Å². The van der Waals surface area contributed by atoms with Gasteiger partial charge in [0.05, 0.1) is 0 Å². The lowest BCUT2D eigenvalue weighted by atomic mass is 10.4. The van der Waals surface area contributed by atoms with Gasteiger partial charge in [0.1, 0.15) is 0 Å². The van der Waals surface area contributed by atoms with Crippen LogP contribution in [0.1, 0.15) is 20.3 Å². The van der Waals surface area contributed by atoms with Crippen LogP contribution in [0.4, 0.5) is 0 Å². The van der Waals surface area contributed by atoms with Gasteiger partial charge in [0.15, 0.2) is 12.0 Å². The molecule has 0 bridgehead atoms. The molecule has 0 aliphatic heterocycles. The van der Waals surface area contributed by atoms with Crippen molar-refractivity contribution in [2.45, 2.75) is 20.3 Å². The van der Waals surface area contributed by atoms with Crippen LogP contribution in [0.3, 0.4) is 0 Å². The topological polar surface area (TPSA) is 43.4 Å². The molecule has 0 aliphatic rings. The monoisotopic (exact) mass is 142 g/mol. The largest absolute Gasteiger partial charge is 0.424 e. The first kappa shape index (κ1) is 8.88. The highest BCUT2D eigenvalue weighted by atomic mass is 16.5. The molecule has 0 saturated heterocycles. The highest BCUT2D eigenvalue weighted by Crippen LogP contribution is 1.94. The highest BCUT2D eigenvalue weighted by molar-refractivity contribution is 5.77. The Hall–Kier alpha value is -1.12. The van der Waals surface area contributed by atoms with Gasteiger partial charge in [0, 0.05) is 6.92 Å². The van der Waals surface area contributed by atoms with Gasteiger partial charge in [0.25, 0.3) is 0 Å². The standard InChI is InChI=1S/C7H10O3/c1-3-4-7(5-8)10-6(2)9/h4-5H,3H2,1-2H3/b7-4-. The minimum atomic E-state index is -0.466. The molecule has 0 aliphatic carbocycles. The minimum absolute atomic E-state index is 0.0926. The number of aldehydes is 1. The molecule has 0 rings (SSSR count). The fourth-order valence-corrected chi connectivity index (χ4v) is 0.481. The smallest absolute Gasteiger partial charge is 0.308 e. The summed E-state index contributed by atoms with van der Waals surface area (Å²) in [6, 6.07) is 0. The van der Waals surface area contributed by atoms with Gasteiger partial charge in [-0.05, 0) is 12.5 Å². The van der Waals surface area contributed by atoms with Crippen molar-refractivity contribution in [2.24, 2.45) is 0 Å². The molecule has 0 fully saturated rings. The zero-order chi connectivity index (χ0) is 7.98. The maximum absolute atomic E-state index is 10.3. The maximum atomic E-state index is 10.3. The van der Waals surface area contributed by atoms with Crippen LogP contribution in [0.5, 0.6) is 0 Å². The van der Waals surface area contributed by atoms with Crippen molar-refractivity contribution in [3.05, 3.63) is 11.8 Å². The summed E-state index contributed by atoms with van der Waals surface area (Å²) >= 11 is 0. The van der Waals surface area contributed by atoms with Crippen LogP contribution in [0, 0.1) is 0 Å². The molecule has 0 atom stereocenters. The molecule has 0 aromatic heterocycles. The Kier molecular flexibility index (Phi) is 4.20. The summed E-state index contributed by atoms with van der Waals surface area (Å²) in [5.41, 5.74) is 0. The molecule has 0 radical (unpaired) electrons. The molecule has 0 N–H and O–H groups in total. The van der Waals surface area contributed by atoms with E-state index in [4.69, 9.17) is 0 Å². The predicted molar refractivity (Wildman–Crippen MR) is 36.2 cm³/mol. The van der Waals surface area contributed by atoms with E-state index in [2.05, 4.69) is 4.74 Å². The first-order valence-corrected chi connectivity index (χ1v) is 3.04. The molecule has 10 heavy (non-hydrogen) atoms. The molecule has 0 unspecified atom stereocenters. The third-order valence-corrected chi connectivity index (χ3v) is 0.783. The van der Waals surface area contributed by atoms with E-state index >= 15 is 0 Å². The van der Waals surface area contributed by atoms with Crippen LogP contribution in [0.25, 0.3) is 0 Å². The number of hydrogen-bond donors (Lipinski definition) is 0. The van der Waals surface area contributed by atoms with Crippen LogP contribution in [-0.2, 0) is 14.3 Å². The van der Waals surface area contributed by atoms with Gasteiger partial charge >= 0.3 is 5.97 Å². The van der Waals surface area contributed by atoms with Crippen LogP contribution in [0.2, 0.25) is 0 Å². The van der Waals surface area contributed by atoms with Crippen molar-refractivity contribution < 1.29 is 14.3 Å². The van der Waals surface area contributed by atoms with Crippen molar-refractivity contribution in [1.29, 1.82) is 0 Å². The zero-order valence-corrected chi connectivity index (χ0v) is 6.09. The molecular formula is C7H10O3. The fraction of sp³-hybridized carbons (Fsp3) is 0.429. The van der Waals surface area contributed by atoms with Crippen molar-refractivity contribution in [2.75, 3.05) is 0 Å². The molecular weight excluding hydrogens is 132 g/mol. The number of hydrogen-bond acceptors (Lipinski definition) is 3. The van der Waals surface area contributed by atoms with Gasteiger partial charge < -0.3 is 4.74 Å². The van der Waals surface area contributed by atoms with E-state index < -0.39 is 5.97 Å². The van der Waals surface area contributed by atoms with E-state index in [0.717, 1.165) is 0 Å². The van der Waals surface area contributed by atoms with Gasteiger partial charge in [-0.15, -0.1) is 0 Å². The second-order valence-corrected chi connectivity index (χ2v) is 1.73. The number of rotatable bonds is 3. The normalized spacial score (nSPS) is 10.8. The van der Waals surface area contributed by atoms with E-state index in [1.807, 2.05) is 6.92 Å². The van der Waals surface area contributed by atoms with Crippen LogP contribution >= 0.6 is 0 Å². The van der Waals surface area contributed by atoms with E-state index in [1.165, 1.54) is 6.92 Å². The molecule has 0 spiro atoms. The second-order valence-electron chi connectivity index (χ2n) is 1.73. The summed E-state index contributed by atoms with van der Waals surface area (Å²) in [5.74, 6) is -0.373. The second kappa shape index (κ2) is 4.73. The average molecular weight is 142 g/mol. The van der Waals surface area contributed by atoms with Gasteiger partial charge in [0.2, 0.25) is 0 Å². The Morgan fingerprint density at radius 1 is 1.60 bits per heavy atom. The zero-order valence-electron chi connectivity index (χ0n) is 6.09. The van der Waals surface area contributed by atoms with E-state index in [-0.39, 0.29) is 5.76 Å². The fourth-order valence-electron chi connectivity index (χ4n) is 0.481. The number of carbonyl (C=O) groups excluding carboxylic acids is 2. The quantitative estimate of drug-likeness (QED) is 0.256. The van der Waals surface area contributed by atoms with Gasteiger partial charge in [-0.2, -0.15) is 0 Å². The molecule has 0 amide bonds. The third-order valence-electron chi connectivity index (χ3n) is 0.783. The molecule has 0 aromatic carbocycles. The first-order valence-electron chi connectivity index (χ1n) is 3.04. The Morgan fingerprint density at radius 2 is 2.20 bits per heavy atom. The Labute approximate surface area is 59.7 Å². The summed E-state index contributed by atoms with van der Waals surface area (Å²) < 4.78 is 4.49. The summed E-state index contributed by atoms with van der Waals surface area (Å²) in [7, 11) is 0. The minimum Gasteiger partial charge on any atom is -0.424 e. The maximum Gasteiger partial charge on any atom is 0.308 e. The molecule has 3 heteroatoms. The summed E-state index contributed by atoms with van der Waals surface area (Å²) in [4.78, 5) is 20.4. The van der Waals surface area contributed by atoms with Crippen molar-refractivity contribution in [3.63, 3.8) is 0 Å². The lowest BCUT2D eigenvalue weighted by Crippen LogP contribution is -1.99. The lowest BCUT2D eigenvalue weighted by molar-refractivity contribution is -0.138. The average Bonchev–Trinajstić information content (AvgIpc) is 1.86. The molecule has 3 nitrogen and oxygen atoms in total. The first-order chi connectivity index (χ1) is 4.70. The summed E-state index contributed by atoms with van der Waals surface area (Å²) in [6.45, 7) is 3.11. The highest BCUT2D eigenvalue weighted by Gasteiger charge is 1.97. The third kappa shape index (κ3) is 3.83. The van der Waals surface area contributed by atoms with Crippen molar-refractivity contribution in [3.8, 4) is 0 Å². The Morgan fingerprint density at radius 3 is 2.50 bits per heavy atom. The number of allylic oxidation sites excluding steroid dienone is 2. The van der Waals surface area contributed by atoms with Crippen molar-refractivity contribution in [1.82, 2.24) is 0 Å². The lowest BCUT2D eigenvalue weighted by Gasteiger charge is -1.96. The SMILES string of the molecule is CC/C=C(/C=O)OC(C)=O. The molecule has 0 aromatic rings. The van der Waals surface area contributed by atoms with E-state index in [1.54, 1.807) is 6.08 Å². The number of carbonyl (C=O) groups is 2. The molecule has 0 heterocycles. The van der Waals surface area contributed by atoms with Crippen molar-refractivity contribution >= 4 is 12.3 Å². The van der Waals surface area contributed by atoms with E-state index in [0.29, 0.717) is 12.7 Å². The number of ether oxygens (including phenoxy) is 1. The summed E-state index contributed by atoms with van der Waals surface area (Å²) in [5, 5.41) is 0. The van der Waals surface area contributed by atoms with Crippen LogP contribution in [0.15, 0.2) is 11.8 Å². The Bertz CT molecular complexity index is 158. The predicted octanol–water partition coefficient (Wildman–Crippen LogP) is 1.04. The molecule has 0 saturated carbocycles. The number of esters is 1. The summed E-state index contributed by atoms with van der Waals surface area (Å²) in [6.07, 6.45) is 2.75. The van der Waals surface area contributed by atoms with Crippen LogP contribution in [-0.4, -0.2) is 12.3 Å². The van der Waals surface area contributed by atoms with Gasteiger partial charge in [-0.3, -0.25) is 9.59 Å². The van der Waals surface area contributed by atoms with Gasteiger partial charge in [-0.25, -0.2) is 0 Å². The van der Waals surface area contributed by atoms with E-state index in [9.17, 15) is 9.59 Å².